The third-order valence-electron chi connectivity index (χ3n) is 5.42. The van der Waals surface area contributed by atoms with E-state index in [1.165, 1.54) is 0 Å². The molecule has 3 aromatic rings. The van der Waals surface area contributed by atoms with Gasteiger partial charge in [0.1, 0.15) is 5.75 Å². The Hall–Kier alpha value is -4.13. The first-order valence-corrected chi connectivity index (χ1v) is 11.2. The SMILES string of the molecule is CCOC(=O)c1ccc(NC(=O)c2ccccc2C(=O)c2ccc(N(CC)CC)cc2O)cc1. The highest BCUT2D eigenvalue weighted by Gasteiger charge is 2.21. The number of esters is 1. The Balaban J connectivity index is 1.83. The number of rotatable bonds is 9. The van der Waals surface area contributed by atoms with Gasteiger partial charge in [0.2, 0.25) is 0 Å². The number of ether oxygens (including phenoxy) is 1. The standard InChI is InChI=1S/C27H28N2O5/c1-4-29(5-2)20-15-16-23(24(30)17-20)25(31)21-9-7-8-10-22(21)26(32)28-19-13-11-18(12-14-19)27(33)34-6-3/h7-17,30H,4-6H2,1-3H3,(H,28,32). The number of nitrogens with zero attached hydrogens (tertiary/aromatic N) is 1. The van der Waals surface area contributed by atoms with Crippen molar-refractivity contribution in [1.82, 2.24) is 0 Å². The quantitative estimate of drug-likeness (QED) is 0.348. The summed E-state index contributed by atoms with van der Waals surface area (Å²) < 4.78 is 4.96. The van der Waals surface area contributed by atoms with E-state index in [9.17, 15) is 19.5 Å². The summed E-state index contributed by atoms with van der Waals surface area (Å²) in [6.45, 7) is 7.57. The summed E-state index contributed by atoms with van der Waals surface area (Å²) in [5.74, 6) is -1.51. The van der Waals surface area contributed by atoms with Crippen molar-refractivity contribution in [2.24, 2.45) is 0 Å². The average Bonchev–Trinajstić information content (AvgIpc) is 2.85. The second-order valence-corrected chi connectivity index (χ2v) is 7.50. The zero-order valence-corrected chi connectivity index (χ0v) is 19.5. The third-order valence-corrected chi connectivity index (χ3v) is 5.42. The van der Waals surface area contributed by atoms with Gasteiger partial charge in [0.15, 0.2) is 5.78 Å². The first-order valence-electron chi connectivity index (χ1n) is 11.2. The highest BCUT2D eigenvalue weighted by Crippen LogP contribution is 2.28. The Labute approximate surface area is 199 Å². The molecule has 0 unspecified atom stereocenters. The largest absolute Gasteiger partial charge is 0.507 e. The van der Waals surface area contributed by atoms with Gasteiger partial charge in [-0.2, -0.15) is 0 Å². The van der Waals surface area contributed by atoms with E-state index in [1.807, 2.05) is 13.8 Å². The van der Waals surface area contributed by atoms with E-state index in [-0.39, 0.29) is 29.0 Å². The summed E-state index contributed by atoms with van der Waals surface area (Å²) in [5, 5.41) is 13.3. The molecule has 0 aliphatic rings. The molecule has 0 aromatic heterocycles. The van der Waals surface area contributed by atoms with E-state index in [0.717, 1.165) is 18.8 Å². The number of aromatic hydroxyl groups is 1. The van der Waals surface area contributed by atoms with Crippen molar-refractivity contribution in [3.8, 4) is 5.75 Å². The fourth-order valence-electron chi connectivity index (χ4n) is 3.62. The lowest BCUT2D eigenvalue weighted by Gasteiger charge is -2.21. The van der Waals surface area contributed by atoms with Gasteiger partial charge in [0, 0.05) is 36.1 Å². The van der Waals surface area contributed by atoms with Gasteiger partial charge in [-0.25, -0.2) is 4.79 Å². The topological polar surface area (TPSA) is 95.9 Å². The highest BCUT2D eigenvalue weighted by molar-refractivity contribution is 6.18. The molecule has 3 aromatic carbocycles. The maximum atomic E-state index is 13.2. The minimum atomic E-state index is -0.480. The molecule has 0 saturated heterocycles. The van der Waals surface area contributed by atoms with E-state index in [1.54, 1.807) is 73.7 Å². The van der Waals surface area contributed by atoms with Crippen molar-refractivity contribution in [2.45, 2.75) is 20.8 Å². The van der Waals surface area contributed by atoms with Crippen LogP contribution in [0.15, 0.2) is 66.7 Å². The molecule has 0 bridgehead atoms. The summed E-state index contributed by atoms with van der Waals surface area (Å²) >= 11 is 0. The van der Waals surface area contributed by atoms with Gasteiger partial charge in [-0.3, -0.25) is 9.59 Å². The average molecular weight is 461 g/mol. The number of amides is 1. The number of benzene rings is 3. The van der Waals surface area contributed by atoms with Crippen LogP contribution in [0.25, 0.3) is 0 Å². The lowest BCUT2D eigenvalue weighted by Crippen LogP contribution is -2.22. The number of hydrogen-bond donors (Lipinski definition) is 2. The van der Waals surface area contributed by atoms with Crippen LogP contribution in [0.1, 0.15) is 57.4 Å². The summed E-state index contributed by atoms with van der Waals surface area (Å²) in [6.07, 6.45) is 0. The molecule has 0 radical (unpaired) electrons. The minimum Gasteiger partial charge on any atom is -0.507 e. The van der Waals surface area contributed by atoms with Gasteiger partial charge in [0.25, 0.3) is 5.91 Å². The molecule has 0 saturated carbocycles. The summed E-state index contributed by atoms with van der Waals surface area (Å²) in [6, 6.07) is 17.7. The third kappa shape index (κ3) is 5.43. The molecule has 3 rings (SSSR count). The van der Waals surface area contributed by atoms with Crippen molar-refractivity contribution >= 4 is 29.0 Å². The molecule has 0 spiro atoms. The number of anilines is 2. The molecule has 1 amide bonds. The molecule has 0 fully saturated rings. The van der Waals surface area contributed by atoms with Gasteiger partial charge in [-0.15, -0.1) is 0 Å². The molecule has 176 valence electrons. The van der Waals surface area contributed by atoms with Crippen LogP contribution in [-0.4, -0.2) is 42.5 Å². The normalized spacial score (nSPS) is 10.4. The van der Waals surface area contributed by atoms with Crippen molar-refractivity contribution in [3.05, 3.63) is 89.0 Å². The van der Waals surface area contributed by atoms with E-state index < -0.39 is 17.7 Å². The Bertz CT molecular complexity index is 1180. The maximum absolute atomic E-state index is 13.2. The Morgan fingerprint density at radius 3 is 2.09 bits per heavy atom. The molecule has 0 heterocycles. The van der Waals surface area contributed by atoms with Crippen molar-refractivity contribution in [1.29, 1.82) is 0 Å². The minimum absolute atomic E-state index is 0.120. The molecule has 0 atom stereocenters. The Morgan fingerprint density at radius 2 is 1.50 bits per heavy atom. The molecule has 0 aliphatic heterocycles. The fraction of sp³-hybridized carbons (Fsp3) is 0.222. The lowest BCUT2D eigenvalue weighted by molar-refractivity contribution is 0.0526. The van der Waals surface area contributed by atoms with Crippen LogP contribution in [0.3, 0.4) is 0 Å². The fourth-order valence-corrected chi connectivity index (χ4v) is 3.62. The van der Waals surface area contributed by atoms with Gasteiger partial charge >= 0.3 is 5.97 Å². The number of phenols is 1. The van der Waals surface area contributed by atoms with Crippen LogP contribution in [0.5, 0.6) is 5.75 Å². The molecular formula is C27H28N2O5. The molecule has 7 nitrogen and oxygen atoms in total. The second-order valence-electron chi connectivity index (χ2n) is 7.50. The maximum Gasteiger partial charge on any atom is 0.338 e. The molecule has 34 heavy (non-hydrogen) atoms. The van der Waals surface area contributed by atoms with E-state index in [4.69, 9.17) is 4.74 Å². The van der Waals surface area contributed by atoms with E-state index >= 15 is 0 Å². The number of phenolic OH excluding ortho intramolecular Hbond substituents is 1. The zero-order valence-electron chi connectivity index (χ0n) is 19.5. The van der Waals surface area contributed by atoms with Crippen LogP contribution < -0.4 is 10.2 Å². The molecule has 2 N–H and O–H groups in total. The first kappa shape index (κ1) is 24.5. The van der Waals surface area contributed by atoms with Gasteiger partial charge in [-0.05, 0) is 63.2 Å². The van der Waals surface area contributed by atoms with Crippen LogP contribution in [0, 0.1) is 0 Å². The number of carbonyl (C=O) groups excluding carboxylic acids is 3. The van der Waals surface area contributed by atoms with Gasteiger partial charge < -0.3 is 20.1 Å². The second kappa shape index (κ2) is 11.1. The Morgan fingerprint density at radius 1 is 0.853 bits per heavy atom. The number of ketones is 1. The van der Waals surface area contributed by atoms with Crippen molar-refractivity contribution in [3.63, 3.8) is 0 Å². The van der Waals surface area contributed by atoms with Gasteiger partial charge in [0.05, 0.1) is 23.3 Å². The monoisotopic (exact) mass is 460 g/mol. The molecule has 7 heteroatoms. The Kier molecular flexibility index (Phi) is 8.03. The number of carbonyl (C=O) groups is 3. The number of hydrogen-bond acceptors (Lipinski definition) is 6. The van der Waals surface area contributed by atoms with Crippen LogP contribution in [0.2, 0.25) is 0 Å². The van der Waals surface area contributed by atoms with Crippen molar-refractivity contribution < 1.29 is 24.2 Å². The highest BCUT2D eigenvalue weighted by atomic mass is 16.5. The van der Waals surface area contributed by atoms with E-state index in [2.05, 4.69) is 10.2 Å². The van der Waals surface area contributed by atoms with Crippen LogP contribution in [-0.2, 0) is 4.74 Å². The van der Waals surface area contributed by atoms with E-state index in [0.29, 0.717) is 11.3 Å². The smallest absolute Gasteiger partial charge is 0.338 e. The van der Waals surface area contributed by atoms with Crippen molar-refractivity contribution in [2.75, 3.05) is 29.9 Å². The zero-order chi connectivity index (χ0) is 24.7. The summed E-state index contributed by atoms with van der Waals surface area (Å²) in [7, 11) is 0. The van der Waals surface area contributed by atoms with Gasteiger partial charge in [-0.1, -0.05) is 18.2 Å². The predicted molar refractivity (Wildman–Crippen MR) is 132 cm³/mol. The predicted octanol–water partition coefficient (Wildman–Crippen LogP) is 4.90. The van der Waals surface area contributed by atoms with Crippen LogP contribution >= 0.6 is 0 Å². The molecule has 0 aliphatic carbocycles. The summed E-state index contributed by atoms with van der Waals surface area (Å²) in [4.78, 5) is 40.1. The lowest BCUT2D eigenvalue weighted by atomic mass is 9.97. The number of nitrogens with one attached hydrogen (secondary N) is 1. The molecular weight excluding hydrogens is 432 g/mol. The van der Waals surface area contributed by atoms with Crippen LogP contribution in [0.4, 0.5) is 11.4 Å². The first-order chi connectivity index (χ1) is 16.4. The summed E-state index contributed by atoms with van der Waals surface area (Å²) in [5.41, 5.74) is 2.13.